The largest absolute Gasteiger partial charge is 0.396 e. The lowest BCUT2D eigenvalue weighted by Crippen LogP contribution is -2.52. The molecular formula is C17H24N2O3. The van der Waals surface area contributed by atoms with Crippen LogP contribution in [0.25, 0.3) is 0 Å². The lowest BCUT2D eigenvalue weighted by molar-refractivity contribution is -0.135. The standard InChI is InChI=1S/C17H24N2O3/c1-12(18-8-17(9-20)10-22-11-17)13-4-6-15(7-5-13)19-16(21)14-2-3-14/h4-7,12,14,18,20H,2-3,8-11H2,1H3,(H,19,21). The molecule has 0 aromatic heterocycles. The number of carbonyl (C=O) groups excluding carboxylic acids is 1. The molecule has 1 aromatic carbocycles. The van der Waals surface area contributed by atoms with Gasteiger partial charge in [0.15, 0.2) is 0 Å². The summed E-state index contributed by atoms with van der Waals surface area (Å²) in [5.74, 6) is 0.355. The van der Waals surface area contributed by atoms with E-state index in [0.29, 0.717) is 13.2 Å². The molecule has 0 bridgehead atoms. The van der Waals surface area contributed by atoms with E-state index >= 15 is 0 Å². The maximum atomic E-state index is 11.7. The second-order valence-electron chi connectivity index (χ2n) is 6.64. The van der Waals surface area contributed by atoms with E-state index in [1.54, 1.807) is 0 Å². The highest BCUT2D eigenvalue weighted by Crippen LogP contribution is 2.30. The zero-order valence-electron chi connectivity index (χ0n) is 13.0. The fourth-order valence-electron chi connectivity index (χ4n) is 2.57. The summed E-state index contributed by atoms with van der Waals surface area (Å²) in [7, 11) is 0. The van der Waals surface area contributed by atoms with Crippen molar-refractivity contribution in [2.75, 3.05) is 31.7 Å². The molecule has 2 fully saturated rings. The first-order chi connectivity index (χ1) is 10.6. The number of rotatable bonds is 7. The smallest absolute Gasteiger partial charge is 0.227 e. The minimum Gasteiger partial charge on any atom is -0.396 e. The average molecular weight is 304 g/mol. The Labute approximate surface area is 131 Å². The van der Waals surface area contributed by atoms with Gasteiger partial charge in [-0.25, -0.2) is 0 Å². The molecule has 1 aromatic rings. The summed E-state index contributed by atoms with van der Waals surface area (Å²) in [5, 5.41) is 15.8. The van der Waals surface area contributed by atoms with Crippen LogP contribution >= 0.6 is 0 Å². The van der Waals surface area contributed by atoms with Crippen LogP contribution in [0.5, 0.6) is 0 Å². The second-order valence-corrected chi connectivity index (χ2v) is 6.64. The molecule has 1 saturated carbocycles. The van der Waals surface area contributed by atoms with Gasteiger partial charge >= 0.3 is 0 Å². The van der Waals surface area contributed by atoms with Crippen LogP contribution in [-0.4, -0.2) is 37.4 Å². The zero-order valence-corrected chi connectivity index (χ0v) is 13.0. The number of aliphatic hydroxyl groups excluding tert-OH is 1. The quantitative estimate of drug-likeness (QED) is 0.717. The first-order valence-electron chi connectivity index (χ1n) is 7.95. The van der Waals surface area contributed by atoms with E-state index in [4.69, 9.17) is 4.74 Å². The van der Waals surface area contributed by atoms with Gasteiger partial charge in [-0.1, -0.05) is 12.1 Å². The Morgan fingerprint density at radius 1 is 1.36 bits per heavy atom. The van der Waals surface area contributed by atoms with Crippen molar-refractivity contribution in [2.45, 2.75) is 25.8 Å². The first-order valence-corrected chi connectivity index (χ1v) is 7.95. The van der Waals surface area contributed by atoms with Crippen LogP contribution in [0.3, 0.4) is 0 Å². The number of hydrogen-bond donors (Lipinski definition) is 3. The molecule has 1 heterocycles. The minimum atomic E-state index is -0.119. The van der Waals surface area contributed by atoms with Crippen LogP contribution in [-0.2, 0) is 9.53 Å². The van der Waals surface area contributed by atoms with Gasteiger partial charge in [0, 0.05) is 24.2 Å². The molecule has 0 radical (unpaired) electrons. The summed E-state index contributed by atoms with van der Waals surface area (Å²) < 4.78 is 5.20. The van der Waals surface area contributed by atoms with Crippen molar-refractivity contribution in [1.29, 1.82) is 0 Å². The van der Waals surface area contributed by atoms with Crippen LogP contribution in [0.4, 0.5) is 5.69 Å². The number of ether oxygens (including phenoxy) is 1. The third-order valence-corrected chi connectivity index (χ3v) is 4.56. The fraction of sp³-hybridized carbons (Fsp3) is 0.588. The van der Waals surface area contributed by atoms with Gasteiger partial charge in [-0.15, -0.1) is 0 Å². The highest BCUT2D eigenvalue weighted by atomic mass is 16.5. The van der Waals surface area contributed by atoms with Crippen molar-refractivity contribution in [3.8, 4) is 0 Å². The van der Waals surface area contributed by atoms with Crippen LogP contribution in [0.2, 0.25) is 0 Å². The molecule has 1 atom stereocenters. The number of amides is 1. The topological polar surface area (TPSA) is 70.6 Å². The van der Waals surface area contributed by atoms with Gasteiger partial charge in [0.05, 0.1) is 25.2 Å². The molecular weight excluding hydrogens is 280 g/mol. The summed E-state index contributed by atoms with van der Waals surface area (Å²) in [4.78, 5) is 11.7. The number of benzene rings is 1. The molecule has 1 saturated heterocycles. The Balaban J connectivity index is 1.51. The Kier molecular flexibility index (Phi) is 4.47. The molecule has 3 rings (SSSR count). The minimum absolute atomic E-state index is 0.119. The maximum Gasteiger partial charge on any atom is 0.227 e. The van der Waals surface area contributed by atoms with Gasteiger partial charge in [0.2, 0.25) is 5.91 Å². The summed E-state index contributed by atoms with van der Waals surface area (Å²) >= 11 is 0. The van der Waals surface area contributed by atoms with Gasteiger partial charge in [-0.05, 0) is 37.5 Å². The monoisotopic (exact) mass is 304 g/mol. The third kappa shape index (κ3) is 3.48. The van der Waals surface area contributed by atoms with E-state index in [1.807, 2.05) is 24.3 Å². The Bertz CT molecular complexity index is 516. The van der Waals surface area contributed by atoms with Gasteiger partial charge in [0.1, 0.15) is 0 Å². The van der Waals surface area contributed by atoms with E-state index < -0.39 is 0 Å². The van der Waals surface area contributed by atoms with E-state index in [0.717, 1.165) is 30.6 Å². The van der Waals surface area contributed by atoms with Crippen molar-refractivity contribution >= 4 is 11.6 Å². The molecule has 1 amide bonds. The molecule has 120 valence electrons. The van der Waals surface area contributed by atoms with Crippen LogP contribution in [0.1, 0.15) is 31.4 Å². The molecule has 5 heteroatoms. The fourth-order valence-corrected chi connectivity index (χ4v) is 2.57. The van der Waals surface area contributed by atoms with E-state index in [1.165, 1.54) is 0 Å². The average Bonchev–Trinajstić information content (AvgIpc) is 3.32. The second kappa shape index (κ2) is 6.36. The lowest BCUT2D eigenvalue weighted by atomic mass is 9.86. The van der Waals surface area contributed by atoms with Crippen molar-refractivity contribution in [3.05, 3.63) is 29.8 Å². The predicted molar refractivity (Wildman–Crippen MR) is 84.6 cm³/mol. The lowest BCUT2D eigenvalue weighted by Gasteiger charge is -2.40. The number of nitrogens with one attached hydrogen (secondary N) is 2. The van der Waals surface area contributed by atoms with Crippen molar-refractivity contribution in [3.63, 3.8) is 0 Å². The number of carbonyl (C=O) groups is 1. The van der Waals surface area contributed by atoms with Crippen molar-refractivity contribution in [1.82, 2.24) is 5.32 Å². The number of aliphatic hydroxyl groups is 1. The van der Waals surface area contributed by atoms with Crippen LogP contribution in [0, 0.1) is 11.3 Å². The summed E-state index contributed by atoms with van der Waals surface area (Å²) in [6.45, 7) is 4.23. The molecule has 3 N–H and O–H groups in total. The molecule has 2 aliphatic rings. The number of hydrogen-bond acceptors (Lipinski definition) is 4. The molecule has 1 unspecified atom stereocenters. The first kappa shape index (κ1) is 15.5. The van der Waals surface area contributed by atoms with E-state index in [2.05, 4.69) is 17.6 Å². The summed E-state index contributed by atoms with van der Waals surface area (Å²) in [5.41, 5.74) is 1.90. The van der Waals surface area contributed by atoms with Gasteiger partial charge in [-0.2, -0.15) is 0 Å². The molecule has 0 spiro atoms. The number of anilines is 1. The third-order valence-electron chi connectivity index (χ3n) is 4.56. The molecule has 1 aliphatic heterocycles. The van der Waals surface area contributed by atoms with Crippen LogP contribution < -0.4 is 10.6 Å². The normalized spacial score (nSPS) is 21.0. The van der Waals surface area contributed by atoms with Gasteiger partial charge < -0.3 is 20.5 Å². The molecule has 1 aliphatic carbocycles. The highest BCUT2D eigenvalue weighted by Gasteiger charge is 2.38. The highest BCUT2D eigenvalue weighted by molar-refractivity contribution is 5.93. The Morgan fingerprint density at radius 3 is 2.55 bits per heavy atom. The van der Waals surface area contributed by atoms with Crippen LogP contribution in [0.15, 0.2) is 24.3 Å². The van der Waals surface area contributed by atoms with Gasteiger partial charge in [-0.3, -0.25) is 4.79 Å². The van der Waals surface area contributed by atoms with Crippen molar-refractivity contribution < 1.29 is 14.6 Å². The maximum absolute atomic E-state index is 11.7. The molecule has 5 nitrogen and oxygen atoms in total. The van der Waals surface area contributed by atoms with E-state index in [-0.39, 0.29) is 29.9 Å². The predicted octanol–water partition coefficient (Wildman–Crippen LogP) is 1.69. The Morgan fingerprint density at radius 2 is 2.05 bits per heavy atom. The Hall–Kier alpha value is -1.43. The van der Waals surface area contributed by atoms with Crippen molar-refractivity contribution in [2.24, 2.45) is 11.3 Å². The SMILES string of the molecule is CC(NCC1(CO)COC1)c1ccc(NC(=O)C2CC2)cc1. The van der Waals surface area contributed by atoms with E-state index in [9.17, 15) is 9.90 Å². The summed E-state index contributed by atoms with van der Waals surface area (Å²) in [6, 6.07) is 8.15. The summed E-state index contributed by atoms with van der Waals surface area (Å²) in [6.07, 6.45) is 2.03. The zero-order chi connectivity index (χ0) is 15.6. The molecule has 22 heavy (non-hydrogen) atoms. The van der Waals surface area contributed by atoms with Gasteiger partial charge in [0.25, 0.3) is 0 Å².